The van der Waals surface area contributed by atoms with Gasteiger partial charge in [0.05, 0.1) is 4.92 Å². The fourth-order valence-electron chi connectivity index (χ4n) is 1.82. The second-order valence-electron chi connectivity index (χ2n) is 4.35. The molecule has 1 heterocycles. The van der Waals surface area contributed by atoms with E-state index in [0.717, 1.165) is 0 Å². The molecule has 2 rings (SSSR count). The number of benzene rings is 1. The first-order valence-corrected chi connectivity index (χ1v) is 6.34. The van der Waals surface area contributed by atoms with Crippen LogP contribution in [0.1, 0.15) is 17.3 Å². The van der Waals surface area contributed by atoms with Crippen molar-refractivity contribution in [2.45, 2.75) is 6.92 Å². The molecular formula is C13H15N5O3. The van der Waals surface area contributed by atoms with Gasteiger partial charge in [0.1, 0.15) is 5.69 Å². The summed E-state index contributed by atoms with van der Waals surface area (Å²) in [6, 6.07) is 5.85. The average Bonchev–Trinajstić information content (AvgIpc) is 2.84. The van der Waals surface area contributed by atoms with Gasteiger partial charge in [-0.3, -0.25) is 19.6 Å². The van der Waals surface area contributed by atoms with Crippen LogP contribution in [0.25, 0.3) is 0 Å². The molecule has 0 atom stereocenters. The van der Waals surface area contributed by atoms with Crippen LogP contribution in [0.2, 0.25) is 0 Å². The van der Waals surface area contributed by atoms with Crippen molar-refractivity contribution in [3.8, 4) is 0 Å². The largest absolute Gasteiger partial charge is 0.352 e. The normalized spacial score (nSPS) is 10.2. The molecule has 2 aromatic rings. The number of aryl methyl sites for hydroxylation is 1. The Balaban J connectivity index is 2.37. The lowest BCUT2D eigenvalue weighted by Gasteiger charge is -2.07. The van der Waals surface area contributed by atoms with E-state index in [1.165, 1.54) is 18.2 Å². The van der Waals surface area contributed by atoms with Crippen LogP contribution in [-0.4, -0.2) is 27.2 Å². The Kier molecular flexibility index (Phi) is 4.17. The number of hydrogen-bond acceptors (Lipinski definition) is 5. The number of hydrogen-bond donors (Lipinski definition) is 2. The Labute approximate surface area is 120 Å². The van der Waals surface area contributed by atoms with Gasteiger partial charge >= 0.3 is 0 Å². The number of nitro benzene ring substituents is 1. The number of rotatable bonds is 5. The number of anilines is 2. The molecule has 1 amide bonds. The predicted octanol–water partition coefficient (Wildman–Crippen LogP) is 1.82. The highest BCUT2D eigenvalue weighted by Gasteiger charge is 2.17. The fraction of sp³-hybridized carbons (Fsp3) is 0.231. The number of nitrogens with one attached hydrogen (secondary N) is 2. The molecule has 8 nitrogen and oxygen atoms in total. The van der Waals surface area contributed by atoms with Crippen LogP contribution >= 0.6 is 0 Å². The Morgan fingerprint density at radius 1 is 1.43 bits per heavy atom. The van der Waals surface area contributed by atoms with Crippen molar-refractivity contribution in [1.82, 2.24) is 15.1 Å². The standard InChI is InChI=1S/C13H15N5O3/c1-3-14-13(19)9-4-5-11(18(20)21)10(8-9)15-12-6-7-17(2)16-12/h4-8H,3H2,1-2H3,(H,14,19)(H,15,16). The molecule has 1 aromatic heterocycles. The van der Waals surface area contributed by atoms with E-state index in [9.17, 15) is 14.9 Å². The highest BCUT2D eigenvalue weighted by molar-refractivity contribution is 5.96. The van der Waals surface area contributed by atoms with Gasteiger partial charge in [-0.15, -0.1) is 0 Å². The van der Waals surface area contributed by atoms with Gasteiger partial charge in [-0.2, -0.15) is 5.10 Å². The number of nitrogens with zero attached hydrogens (tertiary/aromatic N) is 3. The molecule has 8 heteroatoms. The molecule has 0 saturated heterocycles. The minimum Gasteiger partial charge on any atom is -0.352 e. The van der Waals surface area contributed by atoms with Gasteiger partial charge in [0.25, 0.3) is 11.6 Å². The molecule has 0 fully saturated rings. The van der Waals surface area contributed by atoms with Crippen molar-refractivity contribution in [2.75, 3.05) is 11.9 Å². The summed E-state index contributed by atoms with van der Waals surface area (Å²) in [6.45, 7) is 2.29. The maximum atomic E-state index is 11.8. The molecule has 1 aromatic carbocycles. The molecule has 0 spiro atoms. The van der Waals surface area contributed by atoms with E-state index in [0.29, 0.717) is 17.9 Å². The van der Waals surface area contributed by atoms with E-state index in [-0.39, 0.29) is 17.3 Å². The van der Waals surface area contributed by atoms with Gasteiger partial charge in [-0.1, -0.05) is 0 Å². The van der Waals surface area contributed by atoms with Crippen molar-refractivity contribution in [1.29, 1.82) is 0 Å². The SMILES string of the molecule is CCNC(=O)c1ccc([N+](=O)[O-])c(Nc2ccn(C)n2)c1. The zero-order chi connectivity index (χ0) is 15.4. The lowest BCUT2D eigenvalue weighted by molar-refractivity contribution is -0.383. The number of carbonyl (C=O) groups excluding carboxylic acids is 1. The van der Waals surface area contributed by atoms with Crippen LogP contribution in [0.15, 0.2) is 30.5 Å². The molecule has 0 saturated carbocycles. The smallest absolute Gasteiger partial charge is 0.292 e. The number of carbonyl (C=O) groups is 1. The summed E-state index contributed by atoms with van der Waals surface area (Å²) in [7, 11) is 1.74. The van der Waals surface area contributed by atoms with E-state index in [1.807, 2.05) is 0 Å². The van der Waals surface area contributed by atoms with Gasteiger partial charge in [0.15, 0.2) is 5.82 Å². The van der Waals surface area contributed by atoms with Crippen LogP contribution in [0.5, 0.6) is 0 Å². The summed E-state index contributed by atoms with van der Waals surface area (Å²) < 4.78 is 1.57. The first-order valence-electron chi connectivity index (χ1n) is 6.34. The molecular weight excluding hydrogens is 274 g/mol. The molecule has 0 radical (unpaired) electrons. The Bertz CT molecular complexity index is 680. The van der Waals surface area contributed by atoms with Gasteiger partial charge in [-0.05, 0) is 19.1 Å². The van der Waals surface area contributed by atoms with E-state index in [4.69, 9.17) is 0 Å². The Morgan fingerprint density at radius 2 is 2.19 bits per heavy atom. The van der Waals surface area contributed by atoms with Gasteiger partial charge in [0.2, 0.25) is 0 Å². The zero-order valence-corrected chi connectivity index (χ0v) is 11.7. The summed E-state index contributed by atoms with van der Waals surface area (Å²) in [5.41, 5.74) is 0.456. The first kappa shape index (κ1) is 14.5. The Hall–Kier alpha value is -2.90. The van der Waals surface area contributed by atoms with Crippen LogP contribution in [0.4, 0.5) is 17.2 Å². The molecule has 0 bridgehead atoms. The third-order valence-corrected chi connectivity index (χ3v) is 2.77. The van der Waals surface area contributed by atoms with E-state index in [2.05, 4.69) is 15.7 Å². The van der Waals surface area contributed by atoms with Crippen molar-refractivity contribution < 1.29 is 9.72 Å². The molecule has 110 valence electrons. The second-order valence-corrected chi connectivity index (χ2v) is 4.35. The minimum absolute atomic E-state index is 0.117. The monoisotopic (exact) mass is 289 g/mol. The maximum Gasteiger partial charge on any atom is 0.292 e. The van der Waals surface area contributed by atoms with Crippen molar-refractivity contribution in [3.05, 3.63) is 46.1 Å². The van der Waals surface area contributed by atoms with Crippen LogP contribution < -0.4 is 10.6 Å². The second kappa shape index (κ2) is 6.04. The summed E-state index contributed by atoms with van der Waals surface area (Å²) in [5.74, 6) is 0.185. The highest BCUT2D eigenvalue weighted by atomic mass is 16.6. The molecule has 0 unspecified atom stereocenters. The number of nitro groups is 1. The first-order chi connectivity index (χ1) is 10.0. The summed E-state index contributed by atoms with van der Waals surface area (Å²) in [4.78, 5) is 22.4. The third kappa shape index (κ3) is 3.35. The fourth-order valence-corrected chi connectivity index (χ4v) is 1.82. The lowest BCUT2D eigenvalue weighted by atomic mass is 10.1. The van der Waals surface area contributed by atoms with Crippen molar-refractivity contribution in [2.24, 2.45) is 7.05 Å². The predicted molar refractivity (Wildman–Crippen MR) is 77.6 cm³/mol. The Morgan fingerprint density at radius 3 is 2.76 bits per heavy atom. The van der Waals surface area contributed by atoms with Crippen LogP contribution in [-0.2, 0) is 7.05 Å². The number of aromatic nitrogens is 2. The molecule has 0 aliphatic heterocycles. The maximum absolute atomic E-state index is 11.8. The topological polar surface area (TPSA) is 102 Å². The van der Waals surface area contributed by atoms with E-state index >= 15 is 0 Å². The number of amides is 1. The van der Waals surface area contributed by atoms with Crippen LogP contribution in [0.3, 0.4) is 0 Å². The third-order valence-electron chi connectivity index (χ3n) is 2.77. The van der Waals surface area contributed by atoms with Gasteiger partial charge < -0.3 is 10.6 Å². The van der Waals surface area contributed by atoms with Crippen molar-refractivity contribution in [3.63, 3.8) is 0 Å². The summed E-state index contributed by atoms with van der Waals surface area (Å²) >= 11 is 0. The lowest BCUT2D eigenvalue weighted by Crippen LogP contribution is -2.22. The quantitative estimate of drug-likeness (QED) is 0.645. The molecule has 0 aliphatic rings. The zero-order valence-electron chi connectivity index (χ0n) is 11.7. The summed E-state index contributed by atoms with van der Waals surface area (Å²) in [5, 5.41) is 20.7. The molecule has 0 aliphatic carbocycles. The van der Waals surface area contributed by atoms with Gasteiger partial charge in [0, 0.05) is 37.5 Å². The van der Waals surface area contributed by atoms with E-state index in [1.54, 1.807) is 30.9 Å². The minimum atomic E-state index is -0.507. The van der Waals surface area contributed by atoms with E-state index < -0.39 is 4.92 Å². The summed E-state index contributed by atoms with van der Waals surface area (Å²) in [6.07, 6.45) is 1.71. The van der Waals surface area contributed by atoms with Crippen molar-refractivity contribution >= 4 is 23.1 Å². The average molecular weight is 289 g/mol. The van der Waals surface area contributed by atoms with Crippen LogP contribution in [0, 0.1) is 10.1 Å². The van der Waals surface area contributed by atoms with Gasteiger partial charge in [-0.25, -0.2) is 0 Å². The molecule has 21 heavy (non-hydrogen) atoms. The molecule has 2 N–H and O–H groups in total. The highest BCUT2D eigenvalue weighted by Crippen LogP contribution is 2.28.